The maximum absolute atomic E-state index is 4.18. The van der Waals surface area contributed by atoms with E-state index in [-0.39, 0.29) is 0 Å². The molecule has 0 aliphatic carbocycles. The number of fused-ring (bicyclic) bond motifs is 2. The fourth-order valence-corrected chi connectivity index (χ4v) is 2.54. The Hall–Kier alpha value is -1.19. The third-order valence-electron chi connectivity index (χ3n) is 3.36. The van der Waals surface area contributed by atoms with Crippen LogP contribution in [0.1, 0.15) is 12.0 Å². The van der Waals surface area contributed by atoms with Crippen LogP contribution in [-0.4, -0.2) is 18.1 Å². The maximum atomic E-state index is 4.18. The van der Waals surface area contributed by atoms with Crippen molar-refractivity contribution in [2.75, 3.05) is 13.1 Å². The van der Waals surface area contributed by atoms with Gasteiger partial charge in [-0.3, -0.25) is 4.98 Å². The van der Waals surface area contributed by atoms with Crippen LogP contribution in [0.15, 0.2) is 24.2 Å². The Morgan fingerprint density at radius 3 is 3.07 bits per heavy atom. The first-order valence-electron chi connectivity index (χ1n) is 5.30. The third-order valence-corrected chi connectivity index (χ3v) is 3.36. The first kappa shape index (κ1) is 9.07. The van der Waals surface area contributed by atoms with Crippen LogP contribution in [0.2, 0.25) is 0 Å². The highest BCUT2D eigenvalue weighted by Crippen LogP contribution is 2.30. The molecule has 2 N–H and O–H groups in total. The van der Waals surface area contributed by atoms with E-state index in [9.17, 15) is 0 Å². The van der Waals surface area contributed by atoms with Gasteiger partial charge in [0, 0.05) is 23.8 Å². The van der Waals surface area contributed by atoms with Gasteiger partial charge in [0.15, 0.2) is 0 Å². The molecule has 2 unspecified atom stereocenters. The molecule has 3 heteroatoms. The molecule has 0 bridgehead atoms. The fraction of sp³-hybridized carbons (Fsp3) is 0.250. The molecular weight excluding hydrogens is 186 g/mol. The Morgan fingerprint density at radius 1 is 1.33 bits per heavy atom. The van der Waals surface area contributed by atoms with Crippen LogP contribution >= 0.6 is 0 Å². The van der Waals surface area contributed by atoms with Crippen molar-refractivity contribution in [3.8, 4) is 0 Å². The van der Waals surface area contributed by atoms with E-state index >= 15 is 0 Å². The van der Waals surface area contributed by atoms with Crippen molar-refractivity contribution in [3.63, 3.8) is 0 Å². The Balaban J connectivity index is 2.11. The van der Waals surface area contributed by atoms with E-state index in [2.05, 4.69) is 25.1 Å². The van der Waals surface area contributed by atoms with Gasteiger partial charge in [-0.05, 0) is 6.07 Å². The van der Waals surface area contributed by atoms with Crippen LogP contribution in [0.25, 0.3) is 5.57 Å². The van der Waals surface area contributed by atoms with Gasteiger partial charge in [0.05, 0.1) is 12.7 Å². The minimum Gasteiger partial charge on any atom is -0.459 e. The molecule has 2 aliphatic heterocycles. The van der Waals surface area contributed by atoms with Crippen LogP contribution in [-0.2, 0) is 0 Å². The lowest BCUT2D eigenvalue weighted by Gasteiger charge is -2.28. The van der Waals surface area contributed by atoms with E-state index in [0.29, 0.717) is 0 Å². The first-order valence-corrected chi connectivity index (χ1v) is 5.30. The number of rotatable bonds is 0. The van der Waals surface area contributed by atoms with Crippen molar-refractivity contribution >= 4 is 11.3 Å². The Bertz CT molecular complexity index is 436. The van der Waals surface area contributed by atoms with Crippen molar-refractivity contribution in [2.45, 2.75) is 6.42 Å². The average molecular weight is 201 g/mol. The van der Waals surface area contributed by atoms with Gasteiger partial charge < -0.3 is 9.80 Å². The molecular formula is C12H15N3. The zero-order chi connectivity index (χ0) is 10.4. The average Bonchev–Trinajstić information content (AvgIpc) is 2.54. The Kier molecular flexibility index (Phi) is 1.90. The Labute approximate surface area is 90.0 Å². The summed E-state index contributed by atoms with van der Waals surface area (Å²) >= 11 is 0. The topological polar surface area (TPSA) is 21.8 Å². The molecule has 1 aromatic heterocycles. The maximum Gasteiger partial charge on any atom is 0.143 e. The minimum atomic E-state index is 1.00. The Morgan fingerprint density at radius 2 is 2.20 bits per heavy atom. The largest absolute Gasteiger partial charge is 0.459 e. The second-order valence-corrected chi connectivity index (χ2v) is 4.28. The zero-order valence-corrected chi connectivity index (χ0v) is 8.71. The predicted octanol–water partition coefficient (Wildman–Crippen LogP) is -0.806. The van der Waals surface area contributed by atoms with Gasteiger partial charge in [0.25, 0.3) is 0 Å². The third kappa shape index (κ3) is 1.24. The molecule has 3 nitrogen and oxygen atoms in total. The molecule has 0 amide bonds. The number of hydrogen-bond donors (Lipinski definition) is 2. The van der Waals surface area contributed by atoms with Crippen LogP contribution in [0, 0.1) is 14.1 Å². The molecule has 0 saturated carbocycles. The molecule has 78 valence electrons. The highest BCUT2D eigenvalue weighted by atomic mass is 15.2. The van der Waals surface area contributed by atoms with Crippen molar-refractivity contribution < 1.29 is 9.80 Å². The summed E-state index contributed by atoms with van der Waals surface area (Å²) in [6.07, 6.45) is 4.91. The lowest BCUT2D eigenvalue weighted by Crippen LogP contribution is -3.13. The number of nitrogens with one attached hydrogen (secondary N) is 2. The summed E-state index contributed by atoms with van der Waals surface area (Å²) < 4.78 is 0. The molecule has 2 aliphatic rings. The lowest BCUT2D eigenvalue weighted by molar-refractivity contribution is -0.872. The minimum absolute atomic E-state index is 1.00. The smallest absolute Gasteiger partial charge is 0.143 e. The molecule has 15 heavy (non-hydrogen) atoms. The molecule has 3 heterocycles. The monoisotopic (exact) mass is 201 g/mol. The zero-order valence-electron chi connectivity index (χ0n) is 8.71. The summed E-state index contributed by atoms with van der Waals surface area (Å²) in [7, 11) is 8.26. The summed E-state index contributed by atoms with van der Waals surface area (Å²) in [4.78, 5) is 6.66. The van der Waals surface area contributed by atoms with E-state index in [0.717, 1.165) is 24.4 Å². The summed E-state index contributed by atoms with van der Waals surface area (Å²) in [5.41, 5.74) is 5.44. The highest BCUT2D eigenvalue weighted by molar-refractivity contribution is 5.77. The molecule has 1 aromatic rings. The SMILES string of the molecule is [CH2-][NH+]1CCC2=C(C1)[NH+]([CH2-])c1cnccc12. The van der Waals surface area contributed by atoms with E-state index in [1.165, 1.54) is 27.4 Å². The number of hydrogen-bond acceptors (Lipinski definition) is 1. The number of aromatic nitrogens is 1. The van der Waals surface area contributed by atoms with Crippen molar-refractivity contribution in [1.82, 2.24) is 4.98 Å². The van der Waals surface area contributed by atoms with Gasteiger partial charge in [-0.15, -0.1) is 7.05 Å². The normalized spacial score (nSPS) is 28.9. The molecule has 0 spiro atoms. The summed E-state index contributed by atoms with van der Waals surface area (Å²) in [6.45, 7) is 2.12. The van der Waals surface area contributed by atoms with Crippen LogP contribution in [0.4, 0.5) is 5.69 Å². The fourth-order valence-electron chi connectivity index (χ4n) is 2.54. The standard InChI is InChI=1S/C12H15N3/c1-14-6-4-10-9-3-5-13-7-11(9)15(2)12(10)8-14/h3,5,7,14-15H,1-2,4,6,8H2. The quantitative estimate of drug-likeness (QED) is 0.527. The second kappa shape index (κ2) is 3.15. The van der Waals surface area contributed by atoms with E-state index in [4.69, 9.17) is 0 Å². The van der Waals surface area contributed by atoms with Gasteiger partial charge >= 0.3 is 0 Å². The lowest BCUT2D eigenvalue weighted by atomic mass is 10.0. The molecule has 0 aromatic carbocycles. The number of quaternary nitrogens is 2. The second-order valence-electron chi connectivity index (χ2n) is 4.28. The van der Waals surface area contributed by atoms with E-state index < -0.39 is 0 Å². The van der Waals surface area contributed by atoms with Crippen LogP contribution in [0.3, 0.4) is 0 Å². The van der Waals surface area contributed by atoms with Gasteiger partial charge in [0.1, 0.15) is 17.9 Å². The van der Waals surface area contributed by atoms with E-state index in [1.807, 2.05) is 12.4 Å². The molecule has 0 fully saturated rings. The predicted molar refractivity (Wildman–Crippen MR) is 57.8 cm³/mol. The van der Waals surface area contributed by atoms with Gasteiger partial charge in [-0.25, -0.2) is 0 Å². The van der Waals surface area contributed by atoms with Crippen molar-refractivity contribution in [3.05, 3.63) is 43.8 Å². The summed E-state index contributed by atoms with van der Waals surface area (Å²) in [6, 6.07) is 2.11. The molecule has 0 saturated heterocycles. The number of nitrogens with zero attached hydrogens (tertiary/aromatic N) is 1. The first-order chi connectivity index (χ1) is 7.27. The highest BCUT2D eigenvalue weighted by Gasteiger charge is 2.32. The molecule has 2 atom stereocenters. The molecule has 0 radical (unpaired) electrons. The van der Waals surface area contributed by atoms with Crippen molar-refractivity contribution in [2.24, 2.45) is 0 Å². The van der Waals surface area contributed by atoms with Gasteiger partial charge in [0.2, 0.25) is 0 Å². The van der Waals surface area contributed by atoms with Crippen molar-refractivity contribution in [1.29, 1.82) is 0 Å². The van der Waals surface area contributed by atoms with Crippen LogP contribution in [0.5, 0.6) is 0 Å². The summed E-state index contributed by atoms with van der Waals surface area (Å²) in [5.74, 6) is 0. The molecule has 3 rings (SSSR count). The van der Waals surface area contributed by atoms with Crippen LogP contribution < -0.4 is 9.80 Å². The van der Waals surface area contributed by atoms with Gasteiger partial charge in [-0.2, -0.15) is 7.05 Å². The number of pyridine rings is 1. The van der Waals surface area contributed by atoms with Gasteiger partial charge in [-0.1, -0.05) is 0 Å². The summed E-state index contributed by atoms with van der Waals surface area (Å²) in [5, 5.41) is 0. The van der Waals surface area contributed by atoms with E-state index in [1.54, 1.807) is 0 Å².